The number of hydrogen-bond donors (Lipinski definition) is 3. The summed E-state index contributed by atoms with van der Waals surface area (Å²) in [6, 6.07) is 4.16. The molecule has 1 saturated carbocycles. The number of amides is 2. The molecule has 0 saturated heterocycles. The lowest BCUT2D eigenvalue weighted by Crippen LogP contribution is -2.30. The van der Waals surface area contributed by atoms with Crippen LogP contribution >= 0.6 is 11.6 Å². The Morgan fingerprint density at radius 1 is 1.37 bits per heavy atom. The van der Waals surface area contributed by atoms with Crippen LogP contribution in [0, 0.1) is 5.92 Å². The molecule has 3 N–H and O–H groups in total. The molecule has 0 aliphatic heterocycles. The van der Waals surface area contributed by atoms with Crippen LogP contribution in [0.15, 0.2) is 18.2 Å². The fraction of sp³-hybridized carbons (Fsp3) is 0.385. The van der Waals surface area contributed by atoms with Crippen LogP contribution in [-0.2, 0) is 0 Å². The largest absolute Gasteiger partial charge is 0.478 e. The van der Waals surface area contributed by atoms with Crippen molar-refractivity contribution < 1.29 is 14.7 Å². The quantitative estimate of drug-likeness (QED) is 0.777. The molecule has 0 atom stereocenters. The van der Waals surface area contributed by atoms with E-state index in [4.69, 9.17) is 16.7 Å². The first-order valence-electron chi connectivity index (χ1n) is 6.14. The Kier molecular flexibility index (Phi) is 4.27. The summed E-state index contributed by atoms with van der Waals surface area (Å²) in [4.78, 5) is 22.7. The van der Waals surface area contributed by atoms with Gasteiger partial charge in [0.2, 0.25) is 0 Å². The molecule has 2 rings (SSSR count). The number of halogens is 1. The second kappa shape index (κ2) is 5.93. The second-order valence-corrected chi connectivity index (χ2v) is 4.99. The number of aromatic carboxylic acids is 1. The van der Waals surface area contributed by atoms with Crippen LogP contribution in [0.3, 0.4) is 0 Å². The van der Waals surface area contributed by atoms with E-state index in [-0.39, 0.29) is 16.3 Å². The van der Waals surface area contributed by atoms with Crippen molar-refractivity contribution >= 4 is 29.3 Å². The Balaban J connectivity index is 1.95. The molecular weight excluding hydrogens is 268 g/mol. The minimum atomic E-state index is -1.17. The first-order chi connectivity index (χ1) is 9.08. The number of urea groups is 1. The molecule has 5 nitrogen and oxygen atoms in total. The van der Waals surface area contributed by atoms with Crippen molar-refractivity contribution in [3.8, 4) is 0 Å². The summed E-state index contributed by atoms with van der Waals surface area (Å²) in [6.07, 6.45) is 3.44. The van der Waals surface area contributed by atoms with Crippen LogP contribution in [0.25, 0.3) is 0 Å². The van der Waals surface area contributed by atoms with Gasteiger partial charge in [-0.1, -0.05) is 30.5 Å². The zero-order chi connectivity index (χ0) is 13.8. The zero-order valence-electron chi connectivity index (χ0n) is 10.3. The summed E-state index contributed by atoms with van der Waals surface area (Å²) in [7, 11) is 0. The number of carboxylic acids is 1. The number of benzene rings is 1. The highest BCUT2D eigenvalue weighted by Crippen LogP contribution is 2.31. The van der Waals surface area contributed by atoms with E-state index in [2.05, 4.69) is 10.6 Å². The summed E-state index contributed by atoms with van der Waals surface area (Å²) >= 11 is 5.81. The summed E-state index contributed by atoms with van der Waals surface area (Å²) in [5.74, 6) is -0.431. The van der Waals surface area contributed by atoms with E-state index in [0.717, 1.165) is 12.3 Å². The van der Waals surface area contributed by atoms with Gasteiger partial charge in [-0.25, -0.2) is 9.59 Å². The van der Waals surface area contributed by atoms with E-state index < -0.39 is 12.0 Å². The third kappa shape index (κ3) is 3.86. The van der Waals surface area contributed by atoms with E-state index in [9.17, 15) is 9.59 Å². The van der Waals surface area contributed by atoms with E-state index >= 15 is 0 Å². The Bertz CT molecular complexity index is 501. The highest BCUT2D eigenvalue weighted by atomic mass is 35.5. The maximum atomic E-state index is 11.6. The number of rotatable bonds is 5. The number of hydrogen-bond acceptors (Lipinski definition) is 2. The van der Waals surface area contributed by atoms with Gasteiger partial charge >= 0.3 is 12.0 Å². The van der Waals surface area contributed by atoms with Gasteiger partial charge in [-0.3, -0.25) is 0 Å². The number of anilines is 1. The van der Waals surface area contributed by atoms with Crippen LogP contribution in [0.1, 0.15) is 29.6 Å². The summed E-state index contributed by atoms with van der Waals surface area (Å²) in [5, 5.41) is 14.4. The first-order valence-corrected chi connectivity index (χ1v) is 6.52. The normalized spacial score (nSPS) is 13.9. The summed E-state index contributed by atoms with van der Waals surface area (Å²) in [5.41, 5.74) is 0.102. The maximum absolute atomic E-state index is 11.6. The van der Waals surface area contributed by atoms with Gasteiger partial charge in [0, 0.05) is 6.54 Å². The van der Waals surface area contributed by atoms with Crippen molar-refractivity contribution in [2.75, 3.05) is 11.9 Å². The fourth-order valence-corrected chi connectivity index (χ4v) is 2.06. The molecule has 1 fully saturated rings. The molecule has 1 aliphatic rings. The topological polar surface area (TPSA) is 78.4 Å². The molecule has 0 unspecified atom stereocenters. The lowest BCUT2D eigenvalue weighted by atomic mass is 10.2. The van der Waals surface area contributed by atoms with E-state index in [1.54, 1.807) is 6.07 Å². The van der Waals surface area contributed by atoms with Crippen molar-refractivity contribution in [3.63, 3.8) is 0 Å². The predicted molar refractivity (Wildman–Crippen MR) is 72.8 cm³/mol. The minimum absolute atomic E-state index is 0.0958. The molecule has 1 aromatic rings. The van der Waals surface area contributed by atoms with Gasteiger partial charge in [0.1, 0.15) is 5.56 Å². The van der Waals surface area contributed by atoms with Gasteiger partial charge in [0.25, 0.3) is 0 Å². The van der Waals surface area contributed by atoms with E-state index in [1.807, 2.05) is 0 Å². The fourth-order valence-electron chi connectivity index (χ4n) is 1.81. The minimum Gasteiger partial charge on any atom is -0.478 e. The highest BCUT2D eigenvalue weighted by molar-refractivity contribution is 6.34. The molecule has 0 bridgehead atoms. The van der Waals surface area contributed by atoms with Crippen LogP contribution in [-0.4, -0.2) is 23.7 Å². The molecule has 0 radical (unpaired) electrons. The Hall–Kier alpha value is -1.75. The average molecular weight is 283 g/mol. The molecule has 2 amide bonds. The molecule has 0 spiro atoms. The SMILES string of the molecule is O=C(NCCC1CC1)Nc1cccc(Cl)c1C(=O)O. The van der Waals surface area contributed by atoms with Crippen molar-refractivity contribution in [2.24, 2.45) is 5.92 Å². The molecule has 1 aromatic carbocycles. The predicted octanol–water partition coefficient (Wildman–Crippen LogP) is 2.96. The molecule has 1 aliphatic carbocycles. The Morgan fingerprint density at radius 2 is 2.11 bits per heavy atom. The molecule has 0 heterocycles. The maximum Gasteiger partial charge on any atom is 0.339 e. The molecule has 6 heteroatoms. The summed E-state index contributed by atoms with van der Waals surface area (Å²) in [6.45, 7) is 0.597. The second-order valence-electron chi connectivity index (χ2n) is 4.58. The number of carbonyl (C=O) groups is 2. The Morgan fingerprint density at radius 3 is 2.74 bits per heavy atom. The van der Waals surface area contributed by atoms with Crippen LogP contribution in [0.5, 0.6) is 0 Å². The monoisotopic (exact) mass is 282 g/mol. The van der Waals surface area contributed by atoms with Crippen LogP contribution < -0.4 is 10.6 Å². The molecule has 102 valence electrons. The molecular formula is C13H15ClN2O3. The number of carboxylic acid groups (broad SMARTS) is 1. The van der Waals surface area contributed by atoms with Crippen molar-refractivity contribution in [1.82, 2.24) is 5.32 Å². The first kappa shape index (κ1) is 13.7. The Labute approximate surface area is 116 Å². The van der Waals surface area contributed by atoms with Crippen LogP contribution in [0.4, 0.5) is 10.5 Å². The lowest BCUT2D eigenvalue weighted by molar-refractivity contribution is 0.0698. The van der Waals surface area contributed by atoms with Crippen molar-refractivity contribution in [2.45, 2.75) is 19.3 Å². The average Bonchev–Trinajstić information content (AvgIpc) is 3.12. The third-order valence-electron chi connectivity index (χ3n) is 3.01. The van der Waals surface area contributed by atoms with Gasteiger partial charge < -0.3 is 15.7 Å². The van der Waals surface area contributed by atoms with Gasteiger partial charge in [-0.15, -0.1) is 0 Å². The number of carbonyl (C=O) groups excluding carboxylic acids is 1. The molecule has 0 aromatic heterocycles. The highest BCUT2D eigenvalue weighted by Gasteiger charge is 2.21. The van der Waals surface area contributed by atoms with Gasteiger partial charge in [0.05, 0.1) is 10.7 Å². The summed E-state index contributed by atoms with van der Waals surface area (Å²) < 4.78 is 0. The van der Waals surface area contributed by atoms with Crippen LogP contribution in [0.2, 0.25) is 5.02 Å². The lowest BCUT2D eigenvalue weighted by Gasteiger charge is -2.10. The smallest absolute Gasteiger partial charge is 0.339 e. The van der Waals surface area contributed by atoms with Gasteiger partial charge in [-0.05, 0) is 24.5 Å². The number of nitrogens with one attached hydrogen (secondary N) is 2. The van der Waals surface area contributed by atoms with Crippen molar-refractivity contribution in [1.29, 1.82) is 0 Å². The van der Waals surface area contributed by atoms with Gasteiger partial charge in [-0.2, -0.15) is 0 Å². The standard InChI is InChI=1S/C13H15ClN2O3/c14-9-2-1-3-10(11(9)12(17)18)16-13(19)15-7-6-8-4-5-8/h1-3,8H,4-7H2,(H,17,18)(H2,15,16,19). The van der Waals surface area contributed by atoms with E-state index in [0.29, 0.717) is 6.54 Å². The zero-order valence-corrected chi connectivity index (χ0v) is 11.0. The third-order valence-corrected chi connectivity index (χ3v) is 3.33. The molecule has 19 heavy (non-hydrogen) atoms. The van der Waals surface area contributed by atoms with Crippen molar-refractivity contribution in [3.05, 3.63) is 28.8 Å². The van der Waals surface area contributed by atoms with Gasteiger partial charge in [0.15, 0.2) is 0 Å². The van der Waals surface area contributed by atoms with E-state index in [1.165, 1.54) is 25.0 Å².